The van der Waals surface area contributed by atoms with Crippen molar-refractivity contribution < 1.29 is 13.9 Å². The van der Waals surface area contributed by atoms with E-state index in [2.05, 4.69) is 0 Å². The Bertz CT molecular complexity index is 315. The molecule has 0 unspecified atom stereocenters. The minimum absolute atomic E-state index is 0.0356. The van der Waals surface area contributed by atoms with E-state index in [1.165, 1.54) is 0 Å². The van der Waals surface area contributed by atoms with Gasteiger partial charge in [-0.15, -0.1) is 0 Å². The van der Waals surface area contributed by atoms with Gasteiger partial charge >= 0.3 is 0 Å². The smallest absolute Gasteiger partial charge is 0.161 e. The first-order valence-corrected chi connectivity index (χ1v) is 4.81. The molecule has 2 N–H and O–H groups in total. The molecule has 15 heavy (non-hydrogen) atoms. The third-order valence-electron chi connectivity index (χ3n) is 2.05. The molecule has 0 fully saturated rings. The Hall–Kier alpha value is -1.29. The van der Waals surface area contributed by atoms with Crippen LogP contribution in [0.2, 0.25) is 0 Å². The second kappa shape index (κ2) is 5.56. The van der Waals surface area contributed by atoms with Gasteiger partial charge < -0.3 is 15.2 Å². The van der Waals surface area contributed by atoms with Crippen molar-refractivity contribution in [2.75, 3.05) is 20.4 Å². The van der Waals surface area contributed by atoms with Gasteiger partial charge in [0.25, 0.3) is 0 Å². The van der Waals surface area contributed by atoms with Gasteiger partial charge in [-0.1, -0.05) is 6.07 Å². The lowest BCUT2D eigenvalue weighted by molar-refractivity contribution is 0.260. The first kappa shape index (κ1) is 11.8. The number of alkyl halides is 1. The Morgan fingerprint density at radius 3 is 2.67 bits per heavy atom. The van der Waals surface area contributed by atoms with E-state index in [0.29, 0.717) is 11.5 Å². The molecule has 0 heterocycles. The number of hydrogen-bond acceptors (Lipinski definition) is 3. The fourth-order valence-corrected chi connectivity index (χ4v) is 1.24. The van der Waals surface area contributed by atoms with E-state index in [4.69, 9.17) is 15.2 Å². The highest BCUT2D eigenvalue weighted by Crippen LogP contribution is 2.29. The van der Waals surface area contributed by atoms with E-state index in [1.807, 2.05) is 13.0 Å². The Balaban J connectivity index is 2.88. The van der Waals surface area contributed by atoms with Gasteiger partial charge in [0.15, 0.2) is 11.5 Å². The fourth-order valence-electron chi connectivity index (χ4n) is 1.24. The number of benzene rings is 1. The van der Waals surface area contributed by atoms with Crippen molar-refractivity contribution in [2.24, 2.45) is 5.73 Å². The van der Waals surface area contributed by atoms with E-state index in [1.54, 1.807) is 19.2 Å². The van der Waals surface area contributed by atoms with Gasteiger partial charge in [0.1, 0.15) is 13.3 Å². The van der Waals surface area contributed by atoms with Crippen LogP contribution in [0.1, 0.15) is 18.5 Å². The summed E-state index contributed by atoms with van der Waals surface area (Å²) in [6.07, 6.45) is 0. The average Bonchev–Trinajstić information content (AvgIpc) is 2.25. The lowest BCUT2D eigenvalue weighted by Gasteiger charge is -2.12. The van der Waals surface area contributed by atoms with Gasteiger partial charge in [0, 0.05) is 6.04 Å². The molecule has 0 aliphatic carbocycles. The van der Waals surface area contributed by atoms with Crippen LogP contribution in [0.15, 0.2) is 18.2 Å². The van der Waals surface area contributed by atoms with Crippen molar-refractivity contribution in [1.29, 1.82) is 0 Å². The van der Waals surface area contributed by atoms with Crippen molar-refractivity contribution in [2.45, 2.75) is 13.0 Å². The van der Waals surface area contributed by atoms with Crippen LogP contribution in [0, 0.1) is 0 Å². The van der Waals surface area contributed by atoms with Crippen LogP contribution in [0.5, 0.6) is 11.5 Å². The molecule has 1 aromatic carbocycles. The Morgan fingerprint density at radius 1 is 1.40 bits per heavy atom. The van der Waals surface area contributed by atoms with E-state index in [0.717, 1.165) is 5.56 Å². The first-order chi connectivity index (χ1) is 7.19. The highest BCUT2D eigenvalue weighted by Gasteiger charge is 2.07. The van der Waals surface area contributed by atoms with Crippen molar-refractivity contribution in [3.8, 4) is 11.5 Å². The van der Waals surface area contributed by atoms with Crippen LogP contribution >= 0.6 is 0 Å². The number of nitrogens with two attached hydrogens (primary N) is 1. The lowest BCUT2D eigenvalue weighted by atomic mass is 10.1. The summed E-state index contributed by atoms with van der Waals surface area (Å²) < 4.78 is 22.2. The van der Waals surface area contributed by atoms with Crippen LogP contribution in [0.25, 0.3) is 0 Å². The Kier molecular flexibility index (Phi) is 4.37. The molecule has 1 atom stereocenters. The molecule has 0 aromatic heterocycles. The minimum Gasteiger partial charge on any atom is -0.493 e. The number of ether oxygens (including phenoxy) is 2. The highest BCUT2D eigenvalue weighted by molar-refractivity contribution is 5.43. The zero-order valence-electron chi connectivity index (χ0n) is 9.00. The standard InChI is InChI=1S/C11H16FNO2/c1-8(13)9-3-4-10(15-6-5-12)11(7-9)14-2/h3-4,7-8H,5-6,13H2,1-2H3/t8-/m0/s1. The average molecular weight is 213 g/mol. The molecule has 1 aromatic rings. The van der Waals surface area contributed by atoms with Gasteiger partial charge in [-0.05, 0) is 24.6 Å². The SMILES string of the molecule is COc1cc([C@H](C)N)ccc1OCCF. The normalized spacial score (nSPS) is 12.3. The van der Waals surface area contributed by atoms with Gasteiger partial charge in [-0.2, -0.15) is 0 Å². The summed E-state index contributed by atoms with van der Waals surface area (Å²) in [5.74, 6) is 1.12. The van der Waals surface area contributed by atoms with Crippen molar-refractivity contribution in [3.63, 3.8) is 0 Å². The van der Waals surface area contributed by atoms with E-state index in [9.17, 15) is 4.39 Å². The molecule has 0 aliphatic rings. The zero-order chi connectivity index (χ0) is 11.3. The van der Waals surface area contributed by atoms with Crippen LogP contribution in [-0.2, 0) is 0 Å². The van der Waals surface area contributed by atoms with Crippen molar-refractivity contribution in [1.82, 2.24) is 0 Å². The second-order valence-electron chi connectivity index (χ2n) is 3.24. The van der Waals surface area contributed by atoms with E-state index >= 15 is 0 Å². The zero-order valence-corrected chi connectivity index (χ0v) is 9.00. The summed E-state index contributed by atoms with van der Waals surface area (Å²) in [5, 5.41) is 0. The molecule has 0 bridgehead atoms. The maximum Gasteiger partial charge on any atom is 0.161 e. The molecule has 3 nitrogen and oxygen atoms in total. The van der Waals surface area contributed by atoms with Crippen molar-refractivity contribution in [3.05, 3.63) is 23.8 Å². The van der Waals surface area contributed by atoms with Crippen LogP contribution in [-0.4, -0.2) is 20.4 Å². The summed E-state index contributed by atoms with van der Waals surface area (Å²) in [4.78, 5) is 0. The van der Waals surface area contributed by atoms with Gasteiger partial charge in [0.05, 0.1) is 7.11 Å². The second-order valence-corrected chi connectivity index (χ2v) is 3.24. The first-order valence-electron chi connectivity index (χ1n) is 4.81. The van der Waals surface area contributed by atoms with Crippen molar-refractivity contribution >= 4 is 0 Å². The molecule has 0 radical (unpaired) electrons. The number of hydrogen-bond donors (Lipinski definition) is 1. The molecule has 4 heteroatoms. The predicted octanol–water partition coefficient (Wildman–Crippen LogP) is 2.06. The summed E-state index contributed by atoms with van der Waals surface area (Å²) in [5.41, 5.74) is 6.69. The number of rotatable bonds is 5. The van der Waals surface area contributed by atoms with Crippen LogP contribution in [0.3, 0.4) is 0 Å². The number of halogens is 1. The minimum atomic E-state index is -0.516. The molecule has 0 saturated carbocycles. The van der Waals surface area contributed by atoms with Crippen LogP contribution in [0.4, 0.5) is 4.39 Å². The number of methoxy groups -OCH3 is 1. The molecule has 1 rings (SSSR count). The van der Waals surface area contributed by atoms with Gasteiger partial charge in [0.2, 0.25) is 0 Å². The lowest BCUT2D eigenvalue weighted by Crippen LogP contribution is -2.06. The summed E-state index contributed by atoms with van der Waals surface area (Å²) in [6, 6.07) is 5.33. The molecule has 0 aliphatic heterocycles. The molecular weight excluding hydrogens is 197 g/mol. The highest BCUT2D eigenvalue weighted by atomic mass is 19.1. The largest absolute Gasteiger partial charge is 0.493 e. The quantitative estimate of drug-likeness (QED) is 0.814. The van der Waals surface area contributed by atoms with Crippen LogP contribution < -0.4 is 15.2 Å². The third kappa shape index (κ3) is 3.09. The molecule has 84 valence electrons. The van der Waals surface area contributed by atoms with Gasteiger partial charge in [-0.25, -0.2) is 4.39 Å². The third-order valence-corrected chi connectivity index (χ3v) is 2.05. The Labute approximate surface area is 89.0 Å². The predicted molar refractivity (Wildman–Crippen MR) is 57.1 cm³/mol. The maximum atomic E-state index is 11.9. The topological polar surface area (TPSA) is 44.5 Å². The summed E-state index contributed by atoms with van der Waals surface area (Å²) >= 11 is 0. The molecule has 0 spiro atoms. The maximum absolute atomic E-state index is 11.9. The van der Waals surface area contributed by atoms with E-state index < -0.39 is 6.67 Å². The van der Waals surface area contributed by atoms with E-state index in [-0.39, 0.29) is 12.6 Å². The molecule has 0 amide bonds. The summed E-state index contributed by atoms with van der Waals surface area (Å²) in [7, 11) is 1.54. The summed E-state index contributed by atoms with van der Waals surface area (Å²) in [6.45, 7) is 1.41. The monoisotopic (exact) mass is 213 g/mol. The molecular formula is C11H16FNO2. The van der Waals surface area contributed by atoms with Gasteiger partial charge in [-0.3, -0.25) is 0 Å². The Morgan fingerprint density at radius 2 is 2.13 bits per heavy atom. The fraction of sp³-hybridized carbons (Fsp3) is 0.455. The molecule has 0 saturated heterocycles.